The second-order valence-corrected chi connectivity index (χ2v) is 9.82. The van der Waals surface area contributed by atoms with Crippen molar-refractivity contribution in [1.82, 2.24) is 0 Å². The van der Waals surface area contributed by atoms with Crippen molar-refractivity contribution in [2.45, 2.75) is 129 Å². The minimum atomic E-state index is -0.577. The van der Waals surface area contributed by atoms with Crippen LogP contribution in [0.2, 0.25) is 0 Å². The molecule has 0 radical (unpaired) electrons. The first-order valence-corrected chi connectivity index (χ1v) is 12.0. The first-order valence-electron chi connectivity index (χ1n) is 12.0. The average molecular weight is 383 g/mol. The second-order valence-electron chi connectivity index (χ2n) is 9.82. The Morgan fingerprint density at radius 2 is 1.11 bits per heavy atom. The normalized spacial score (nSPS) is 39.0. The Morgan fingerprint density at radius 1 is 0.704 bits per heavy atom. The topological polar surface area (TPSA) is 18.5 Å². The standard InChI is InChI=1S/C24H43FO2/c1-3-5-7-17-26-20-9-13-23(14-10-20)19-24(22(23)25)15-11-21(12-16-24)27-18-8-6-4-2/h20-22H,3-19H2,1-2H3/t20?,21?,22?,23-,24-. The van der Waals surface area contributed by atoms with Gasteiger partial charge in [0.2, 0.25) is 0 Å². The second kappa shape index (κ2) is 10.1. The van der Waals surface area contributed by atoms with Crippen LogP contribution < -0.4 is 0 Å². The van der Waals surface area contributed by atoms with E-state index in [0.717, 1.165) is 71.0 Å². The number of ether oxygens (including phenoxy) is 2. The van der Waals surface area contributed by atoms with Gasteiger partial charge in [-0.3, -0.25) is 0 Å². The van der Waals surface area contributed by atoms with Crippen molar-refractivity contribution in [1.29, 1.82) is 0 Å². The van der Waals surface area contributed by atoms with Gasteiger partial charge in [0.15, 0.2) is 0 Å². The van der Waals surface area contributed by atoms with E-state index in [1.165, 1.54) is 38.5 Å². The van der Waals surface area contributed by atoms with Gasteiger partial charge in [-0.2, -0.15) is 0 Å². The molecule has 3 rings (SSSR count). The summed E-state index contributed by atoms with van der Waals surface area (Å²) in [6, 6.07) is 0. The van der Waals surface area contributed by atoms with Gasteiger partial charge in [0.1, 0.15) is 6.17 Å². The summed E-state index contributed by atoms with van der Waals surface area (Å²) in [5.41, 5.74) is -0.00377. The predicted molar refractivity (Wildman–Crippen MR) is 110 cm³/mol. The molecule has 0 aromatic heterocycles. The summed E-state index contributed by atoms with van der Waals surface area (Å²) in [6.07, 6.45) is 17.2. The quantitative estimate of drug-likeness (QED) is 0.379. The summed E-state index contributed by atoms with van der Waals surface area (Å²) in [7, 11) is 0. The summed E-state index contributed by atoms with van der Waals surface area (Å²) in [5.74, 6) is 0. The van der Waals surface area contributed by atoms with Crippen LogP contribution in [0.15, 0.2) is 0 Å². The monoisotopic (exact) mass is 382 g/mol. The third-order valence-corrected chi connectivity index (χ3v) is 7.84. The van der Waals surface area contributed by atoms with Crippen LogP contribution in [-0.4, -0.2) is 31.6 Å². The molecule has 0 heterocycles. The SMILES string of the molecule is CCCCCOC1CC[C@]2(CC1)C[C@@]1(CCC(OCCCCC)CC1)C2F. The van der Waals surface area contributed by atoms with Crippen molar-refractivity contribution in [2.24, 2.45) is 10.8 Å². The molecule has 0 N–H and O–H groups in total. The Hall–Kier alpha value is -0.150. The molecular formula is C24H43FO2. The van der Waals surface area contributed by atoms with E-state index < -0.39 is 6.17 Å². The zero-order chi connectivity index (χ0) is 19.2. The van der Waals surface area contributed by atoms with Gasteiger partial charge in [0.05, 0.1) is 12.2 Å². The number of rotatable bonds is 10. The van der Waals surface area contributed by atoms with E-state index in [-0.39, 0.29) is 10.8 Å². The van der Waals surface area contributed by atoms with Gasteiger partial charge in [0, 0.05) is 24.0 Å². The first-order chi connectivity index (χ1) is 13.1. The fourth-order valence-corrected chi connectivity index (χ4v) is 6.13. The first kappa shape index (κ1) is 21.6. The molecule has 0 aromatic rings. The van der Waals surface area contributed by atoms with E-state index in [4.69, 9.17) is 9.47 Å². The zero-order valence-electron chi connectivity index (χ0n) is 17.9. The highest BCUT2D eigenvalue weighted by Crippen LogP contribution is 2.67. The van der Waals surface area contributed by atoms with Crippen molar-refractivity contribution in [3.8, 4) is 0 Å². The van der Waals surface area contributed by atoms with Crippen LogP contribution in [-0.2, 0) is 9.47 Å². The molecule has 0 amide bonds. The zero-order valence-corrected chi connectivity index (χ0v) is 17.9. The minimum absolute atomic E-state index is 0.00189. The van der Waals surface area contributed by atoms with Gasteiger partial charge in [-0.25, -0.2) is 4.39 Å². The molecule has 3 saturated carbocycles. The lowest BCUT2D eigenvalue weighted by atomic mass is 9.43. The molecule has 0 aromatic carbocycles. The van der Waals surface area contributed by atoms with Gasteiger partial charge in [-0.15, -0.1) is 0 Å². The summed E-state index contributed by atoms with van der Waals surface area (Å²) in [6.45, 7) is 6.25. The Kier molecular flexibility index (Phi) is 8.03. The molecular weight excluding hydrogens is 339 g/mol. The van der Waals surface area contributed by atoms with E-state index in [2.05, 4.69) is 13.8 Å². The molecule has 158 valence electrons. The smallest absolute Gasteiger partial charge is 0.111 e. The van der Waals surface area contributed by atoms with E-state index in [9.17, 15) is 0 Å². The lowest BCUT2D eigenvalue weighted by molar-refractivity contribution is -0.196. The maximum Gasteiger partial charge on any atom is 0.111 e. The largest absolute Gasteiger partial charge is 0.378 e. The molecule has 0 saturated heterocycles. The van der Waals surface area contributed by atoms with Crippen LogP contribution in [0.1, 0.15) is 110 Å². The number of alkyl halides is 1. The Balaban J connectivity index is 1.36. The Bertz CT molecular complexity index is 384. The summed E-state index contributed by atoms with van der Waals surface area (Å²) in [5, 5.41) is 0. The molecule has 0 atom stereocenters. The van der Waals surface area contributed by atoms with Crippen LogP contribution in [0.5, 0.6) is 0 Å². The number of halogens is 1. The van der Waals surface area contributed by atoms with Crippen molar-refractivity contribution >= 4 is 0 Å². The summed E-state index contributed by atoms with van der Waals surface area (Å²) >= 11 is 0. The molecule has 3 heteroatoms. The highest BCUT2D eigenvalue weighted by Gasteiger charge is 2.64. The molecule has 3 aliphatic carbocycles. The molecule has 3 fully saturated rings. The molecule has 0 bridgehead atoms. The minimum Gasteiger partial charge on any atom is -0.378 e. The number of hydrogen-bond acceptors (Lipinski definition) is 2. The highest BCUT2D eigenvalue weighted by molar-refractivity contribution is 5.13. The van der Waals surface area contributed by atoms with Crippen LogP contribution in [0.3, 0.4) is 0 Å². The van der Waals surface area contributed by atoms with Crippen LogP contribution in [0, 0.1) is 10.8 Å². The third kappa shape index (κ3) is 5.07. The van der Waals surface area contributed by atoms with Crippen molar-refractivity contribution in [3.05, 3.63) is 0 Å². The van der Waals surface area contributed by atoms with Gasteiger partial charge in [0.25, 0.3) is 0 Å². The molecule has 0 unspecified atom stereocenters. The van der Waals surface area contributed by atoms with E-state index in [0.29, 0.717) is 12.2 Å². The molecule has 2 nitrogen and oxygen atoms in total. The van der Waals surface area contributed by atoms with Crippen LogP contribution >= 0.6 is 0 Å². The highest BCUT2D eigenvalue weighted by atomic mass is 19.1. The average Bonchev–Trinajstić information content (AvgIpc) is 2.71. The number of hydrogen-bond donors (Lipinski definition) is 0. The summed E-state index contributed by atoms with van der Waals surface area (Å²) in [4.78, 5) is 0. The molecule has 27 heavy (non-hydrogen) atoms. The van der Waals surface area contributed by atoms with Crippen molar-refractivity contribution < 1.29 is 13.9 Å². The number of unbranched alkanes of at least 4 members (excludes halogenated alkanes) is 4. The Morgan fingerprint density at radius 3 is 1.44 bits per heavy atom. The van der Waals surface area contributed by atoms with Crippen molar-refractivity contribution in [3.63, 3.8) is 0 Å². The maximum atomic E-state index is 15.5. The third-order valence-electron chi connectivity index (χ3n) is 7.84. The van der Waals surface area contributed by atoms with Gasteiger partial charge in [-0.05, 0) is 70.6 Å². The molecule has 3 aliphatic rings. The molecule has 2 spiro atoms. The van der Waals surface area contributed by atoms with E-state index >= 15 is 4.39 Å². The van der Waals surface area contributed by atoms with E-state index in [1.54, 1.807) is 0 Å². The van der Waals surface area contributed by atoms with Gasteiger partial charge in [-0.1, -0.05) is 39.5 Å². The maximum absolute atomic E-state index is 15.5. The van der Waals surface area contributed by atoms with Crippen molar-refractivity contribution in [2.75, 3.05) is 13.2 Å². The molecule has 0 aliphatic heterocycles. The van der Waals surface area contributed by atoms with Gasteiger partial charge < -0.3 is 9.47 Å². The van der Waals surface area contributed by atoms with Gasteiger partial charge >= 0.3 is 0 Å². The predicted octanol–water partition coefficient (Wildman–Crippen LogP) is 7.00. The van der Waals surface area contributed by atoms with Crippen LogP contribution in [0.25, 0.3) is 0 Å². The summed E-state index contributed by atoms with van der Waals surface area (Å²) < 4.78 is 27.6. The lowest BCUT2D eigenvalue weighted by Gasteiger charge is -2.63. The van der Waals surface area contributed by atoms with E-state index in [1.807, 2.05) is 0 Å². The Labute approximate surface area is 167 Å². The lowest BCUT2D eigenvalue weighted by Crippen LogP contribution is -2.61. The fraction of sp³-hybridized carbons (Fsp3) is 1.00. The van der Waals surface area contributed by atoms with Crippen LogP contribution in [0.4, 0.5) is 4.39 Å². The fourth-order valence-electron chi connectivity index (χ4n) is 6.13.